The van der Waals surface area contributed by atoms with Gasteiger partial charge in [0.05, 0.1) is 10.9 Å². The first kappa shape index (κ1) is 19.4. The predicted molar refractivity (Wildman–Crippen MR) is 108 cm³/mol. The van der Waals surface area contributed by atoms with Crippen molar-refractivity contribution >= 4 is 22.7 Å². The summed E-state index contributed by atoms with van der Waals surface area (Å²) < 4.78 is 1.28. The molecular weight excluding hydrogens is 372 g/mol. The van der Waals surface area contributed by atoms with Gasteiger partial charge in [-0.25, -0.2) is 4.79 Å². The number of benzene rings is 1. The van der Waals surface area contributed by atoms with E-state index in [9.17, 15) is 19.2 Å². The first-order chi connectivity index (χ1) is 14.0. The Hall–Kier alpha value is -2.90. The summed E-state index contributed by atoms with van der Waals surface area (Å²) in [6.45, 7) is 0.946. The number of fused-ring (bicyclic) bond motifs is 1. The van der Waals surface area contributed by atoms with Crippen molar-refractivity contribution in [2.75, 3.05) is 6.54 Å². The molecule has 29 heavy (non-hydrogen) atoms. The zero-order valence-corrected chi connectivity index (χ0v) is 16.3. The summed E-state index contributed by atoms with van der Waals surface area (Å²) in [4.78, 5) is 53.9. The topological polar surface area (TPSA) is 118 Å². The summed E-state index contributed by atoms with van der Waals surface area (Å²) in [6.07, 6.45) is 4.39. The van der Waals surface area contributed by atoms with E-state index in [1.54, 1.807) is 29.2 Å². The van der Waals surface area contributed by atoms with Crippen molar-refractivity contribution in [3.05, 3.63) is 45.1 Å². The number of nitrogens with one attached hydrogen (secondary N) is 1. The van der Waals surface area contributed by atoms with Gasteiger partial charge in [-0.3, -0.25) is 19.0 Å². The standard InChI is InChI=1S/C21H26N4O4/c22-18(26)17-6-3-11-24(17)19(27)14-9-7-13(8-10-14)12-25-20(28)15-4-1-2-5-16(15)23-21(25)29/h1-2,4-5,13-14,17H,3,6-12H2,(H2,22,26)(H,23,29)/t13?,14?,17-/m1/s1. The minimum atomic E-state index is -0.477. The third-order valence-electron chi connectivity index (χ3n) is 6.39. The van der Waals surface area contributed by atoms with Gasteiger partial charge in [-0.15, -0.1) is 0 Å². The maximum absolute atomic E-state index is 12.8. The summed E-state index contributed by atoms with van der Waals surface area (Å²) in [5.41, 5.74) is 5.31. The Morgan fingerprint density at radius 1 is 1.07 bits per heavy atom. The van der Waals surface area contributed by atoms with Gasteiger partial charge in [0.1, 0.15) is 6.04 Å². The fourth-order valence-electron chi connectivity index (χ4n) is 4.78. The van der Waals surface area contributed by atoms with Crippen LogP contribution >= 0.6 is 0 Å². The highest BCUT2D eigenvalue weighted by Crippen LogP contribution is 2.32. The number of hydrogen-bond acceptors (Lipinski definition) is 4. The molecule has 1 aliphatic heterocycles. The lowest BCUT2D eigenvalue weighted by molar-refractivity contribution is -0.141. The number of amides is 2. The normalized spacial score (nSPS) is 24.7. The summed E-state index contributed by atoms with van der Waals surface area (Å²) in [6, 6.07) is 6.52. The zero-order valence-electron chi connectivity index (χ0n) is 16.3. The monoisotopic (exact) mass is 398 g/mol. The molecule has 0 bridgehead atoms. The molecule has 1 aromatic carbocycles. The van der Waals surface area contributed by atoms with Gasteiger partial charge in [-0.05, 0) is 56.6 Å². The number of carbonyl (C=O) groups excluding carboxylic acids is 2. The van der Waals surface area contributed by atoms with E-state index in [2.05, 4.69) is 4.98 Å². The maximum atomic E-state index is 12.8. The summed E-state index contributed by atoms with van der Waals surface area (Å²) >= 11 is 0. The number of primary amides is 1. The number of H-pyrrole nitrogens is 1. The largest absolute Gasteiger partial charge is 0.368 e. The van der Waals surface area contributed by atoms with Gasteiger partial charge < -0.3 is 15.6 Å². The zero-order chi connectivity index (χ0) is 20.5. The molecule has 1 atom stereocenters. The fraction of sp³-hybridized carbons (Fsp3) is 0.524. The lowest BCUT2D eigenvalue weighted by Crippen LogP contribution is -2.46. The van der Waals surface area contributed by atoms with E-state index in [1.807, 2.05) is 0 Å². The van der Waals surface area contributed by atoms with E-state index in [-0.39, 0.29) is 23.3 Å². The minimum Gasteiger partial charge on any atom is -0.368 e. The summed E-state index contributed by atoms with van der Waals surface area (Å²) in [7, 11) is 0. The average molecular weight is 398 g/mol. The molecule has 0 radical (unpaired) electrons. The van der Waals surface area contributed by atoms with Gasteiger partial charge >= 0.3 is 5.69 Å². The van der Waals surface area contributed by atoms with Gasteiger partial charge in [0.25, 0.3) is 5.56 Å². The number of para-hydroxylation sites is 1. The van der Waals surface area contributed by atoms with Crippen LogP contribution in [0.1, 0.15) is 38.5 Å². The number of aromatic amines is 1. The second-order valence-electron chi connectivity index (χ2n) is 8.20. The van der Waals surface area contributed by atoms with Gasteiger partial charge in [-0.1, -0.05) is 12.1 Å². The number of nitrogens with zero attached hydrogens (tertiary/aromatic N) is 2. The lowest BCUT2D eigenvalue weighted by Gasteiger charge is -2.32. The van der Waals surface area contributed by atoms with E-state index in [4.69, 9.17) is 5.73 Å². The quantitative estimate of drug-likeness (QED) is 0.798. The second-order valence-corrected chi connectivity index (χ2v) is 8.20. The number of rotatable bonds is 4. The number of hydrogen-bond donors (Lipinski definition) is 2. The van der Waals surface area contributed by atoms with Crippen molar-refractivity contribution in [2.45, 2.75) is 51.1 Å². The maximum Gasteiger partial charge on any atom is 0.328 e. The molecule has 3 N–H and O–H groups in total. The molecule has 1 saturated carbocycles. The third-order valence-corrected chi connectivity index (χ3v) is 6.39. The first-order valence-corrected chi connectivity index (χ1v) is 10.3. The molecule has 2 aromatic rings. The molecule has 0 unspecified atom stereocenters. The van der Waals surface area contributed by atoms with Crippen LogP contribution < -0.4 is 17.0 Å². The van der Waals surface area contributed by atoms with Crippen LogP contribution in [-0.2, 0) is 16.1 Å². The van der Waals surface area contributed by atoms with Crippen LogP contribution in [-0.4, -0.2) is 38.9 Å². The molecule has 8 nitrogen and oxygen atoms in total. The molecule has 2 amide bonds. The van der Waals surface area contributed by atoms with Crippen LogP contribution in [0, 0.1) is 11.8 Å². The van der Waals surface area contributed by atoms with Crippen molar-refractivity contribution in [2.24, 2.45) is 17.6 Å². The average Bonchev–Trinajstić information content (AvgIpc) is 3.21. The Balaban J connectivity index is 1.43. The molecular formula is C21H26N4O4. The highest BCUT2D eigenvalue weighted by Gasteiger charge is 2.37. The second kappa shape index (κ2) is 7.85. The van der Waals surface area contributed by atoms with Crippen LogP contribution in [0.5, 0.6) is 0 Å². The van der Waals surface area contributed by atoms with E-state index in [0.29, 0.717) is 43.3 Å². The molecule has 1 aromatic heterocycles. The van der Waals surface area contributed by atoms with Crippen molar-refractivity contribution in [3.63, 3.8) is 0 Å². The van der Waals surface area contributed by atoms with Crippen molar-refractivity contribution < 1.29 is 9.59 Å². The number of carbonyl (C=O) groups is 2. The molecule has 2 fully saturated rings. The van der Waals surface area contributed by atoms with Crippen LogP contribution in [0.4, 0.5) is 0 Å². The van der Waals surface area contributed by atoms with E-state index < -0.39 is 17.6 Å². The summed E-state index contributed by atoms with van der Waals surface area (Å²) in [5, 5.41) is 0.502. The third kappa shape index (κ3) is 3.71. The predicted octanol–water partition coefficient (Wildman–Crippen LogP) is 0.972. The Morgan fingerprint density at radius 3 is 2.52 bits per heavy atom. The molecule has 4 rings (SSSR count). The Kier molecular flexibility index (Phi) is 5.25. The number of nitrogens with two attached hydrogens (primary N) is 1. The number of aromatic nitrogens is 2. The van der Waals surface area contributed by atoms with Crippen LogP contribution in [0.25, 0.3) is 10.9 Å². The van der Waals surface area contributed by atoms with Crippen molar-refractivity contribution in [1.82, 2.24) is 14.5 Å². The van der Waals surface area contributed by atoms with Crippen LogP contribution in [0.2, 0.25) is 0 Å². The fourth-order valence-corrected chi connectivity index (χ4v) is 4.78. The minimum absolute atomic E-state index is 0.0190. The van der Waals surface area contributed by atoms with Gasteiger partial charge in [0.2, 0.25) is 11.8 Å². The smallest absolute Gasteiger partial charge is 0.328 e. The van der Waals surface area contributed by atoms with Crippen molar-refractivity contribution in [3.8, 4) is 0 Å². The Morgan fingerprint density at radius 2 is 1.79 bits per heavy atom. The van der Waals surface area contributed by atoms with Crippen LogP contribution in [0.15, 0.2) is 33.9 Å². The molecule has 2 heterocycles. The molecule has 1 aliphatic carbocycles. The van der Waals surface area contributed by atoms with Crippen molar-refractivity contribution in [1.29, 1.82) is 0 Å². The molecule has 0 spiro atoms. The van der Waals surface area contributed by atoms with E-state index >= 15 is 0 Å². The lowest BCUT2D eigenvalue weighted by atomic mass is 9.81. The molecule has 1 saturated heterocycles. The van der Waals surface area contributed by atoms with Gasteiger partial charge in [0, 0.05) is 19.0 Å². The SMILES string of the molecule is NC(=O)[C@H]1CCCN1C(=O)C1CCC(Cn2c(=O)[nH]c3ccccc3c2=O)CC1. The van der Waals surface area contributed by atoms with E-state index in [0.717, 1.165) is 19.3 Å². The molecule has 8 heteroatoms. The Bertz CT molecular complexity index is 1050. The first-order valence-electron chi connectivity index (χ1n) is 10.3. The highest BCUT2D eigenvalue weighted by molar-refractivity contribution is 5.88. The van der Waals surface area contributed by atoms with Gasteiger partial charge in [0.15, 0.2) is 0 Å². The van der Waals surface area contributed by atoms with Crippen LogP contribution in [0.3, 0.4) is 0 Å². The molecule has 2 aliphatic rings. The van der Waals surface area contributed by atoms with E-state index in [1.165, 1.54) is 4.57 Å². The highest BCUT2D eigenvalue weighted by atomic mass is 16.2. The Labute approximate surface area is 167 Å². The van der Waals surface area contributed by atoms with Gasteiger partial charge in [-0.2, -0.15) is 0 Å². The molecule has 154 valence electrons. The number of likely N-dealkylation sites (tertiary alicyclic amines) is 1. The summed E-state index contributed by atoms with van der Waals surface area (Å²) in [5.74, 6) is -0.354.